The molecule has 0 aliphatic carbocycles. The number of carbonyl (C=O) groups is 2. The molecule has 1 aliphatic heterocycles. The number of imide groups is 1. The molecule has 1 atom stereocenters. The molecule has 118 valence electrons. The lowest BCUT2D eigenvalue weighted by atomic mass is 9.90. The molecule has 1 heterocycles. The van der Waals surface area contributed by atoms with Gasteiger partial charge in [-0.2, -0.15) is 0 Å². The van der Waals surface area contributed by atoms with Gasteiger partial charge in [0.2, 0.25) is 0 Å². The summed E-state index contributed by atoms with van der Waals surface area (Å²) in [7, 11) is 3.75. The number of nitro groups is 1. The molecule has 1 aromatic carbocycles. The van der Waals surface area contributed by atoms with E-state index < -0.39 is 22.4 Å². The van der Waals surface area contributed by atoms with E-state index in [1.54, 1.807) is 6.92 Å². The third kappa shape index (κ3) is 2.64. The van der Waals surface area contributed by atoms with Gasteiger partial charge in [0.25, 0.3) is 11.6 Å². The minimum absolute atomic E-state index is 0.0584. The lowest BCUT2D eigenvalue weighted by Gasteiger charge is -2.33. The number of urea groups is 1. The Bertz CT molecular complexity index is 614. The van der Waals surface area contributed by atoms with Gasteiger partial charge in [-0.25, -0.2) is 4.79 Å². The van der Waals surface area contributed by atoms with E-state index in [4.69, 9.17) is 0 Å². The van der Waals surface area contributed by atoms with Gasteiger partial charge in [0, 0.05) is 25.2 Å². The fraction of sp³-hybridized carbons (Fsp3) is 0.429. The minimum Gasteiger partial charge on any atom is -0.308 e. The number of carbonyl (C=O) groups excluding carboxylic acids is 2. The Kier molecular flexibility index (Phi) is 4.14. The van der Waals surface area contributed by atoms with Crippen LogP contribution in [0, 0.1) is 10.1 Å². The number of hydrogen-bond acceptors (Lipinski definition) is 5. The van der Waals surface area contributed by atoms with Crippen LogP contribution < -0.4 is 5.32 Å². The van der Waals surface area contributed by atoms with Crippen molar-refractivity contribution in [3.8, 4) is 0 Å². The first kappa shape index (κ1) is 15.9. The van der Waals surface area contributed by atoms with E-state index in [0.29, 0.717) is 18.7 Å². The van der Waals surface area contributed by atoms with Crippen molar-refractivity contribution in [2.24, 2.45) is 0 Å². The van der Waals surface area contributed by atoms with E-state index in [9.17, 15) is 19.7 Å². The predicted molar refractivity (Wildman–Crippen MR) is 79.2 cm³/mol. The summed E-state index contributed by atoms with van der Waals surface area (Å²) in [6.07, 6.45) is 0. The van der Waals surface area contributed by atoms with E-state index in [1.165, 1.54) is 29.2 Å². The van der Waals surface area contributed by atoms with Crippen molar-refractivity contribution < 1.29 is 14.5 Å². The summed E-state index contributed by atoms with van der Waals surface area (Å²) in [4.78, 5) is 37.9. The molecule has 1 saturated heterocycles. The highest BCUT2D eigenvalue weighted by Crippen LogP contribution is 2.33. The van der Waals surface area contributed by atoms with Crippen LogP contribution in [0.4, 0.5) is 10.5 Å². The molecular formula is C14H18N4O4. The summed E-state index contributed by atoms with van der Waals surface area (Å²) in [6.45, 7) is 2.62. The van der Waals surface area contributed by atoms with Crippen molar-refractivity contribution in [3.05, 3.63) is 39.9 Å². The molecule has 0 aromatic heterocycles. The van der Waals surface area contributed by atoms with Crippen LogP contribution in [0.3, 0.4) is 0 Å². The number of nitro benzene ring substituents is 1. The number of non-ortho nitro benzene ring substituents is 1. The lowest BCUT2D eigenvalue weighted by molar-refractivity contribution is -0.384. The Morgan fingerprint density at radius 1 is 1.27 bits per heavy atom. The Labute approximate surface area is 127 Å². The van der Waals surface area contributed by atoms with Gasteiger partial charge in [0.15, 0.2) is 0 Å². The van der Waals surface area contributed by atoms with Crippen LogP contribution in [0.1, 0.15) is 12.5 Å². The van der Waals surface area contributed by atoms with E-state index >= 15 is 0 Å². The van der Waals surface area contributed by atoms with Crippen molar-refractivity contribution >= 4 is 17.6 Å². The van der Waals surface area contributed by atoms with Crippen LogP contribution in [0.25, 0.3) is 0 Å². The first-order valence-electron chi connectivity index (χ1n) is 6.79. The average Bonchev–Trinajstić information content (AvgIpc) is 2.67. The van der Waals surface area contributed by atoms with Gasteiger partial charge in [-0.1, -0.05) is 0 Å². The number of benzene rings is 1. The van der Waals surface area contributed by atoms with Crippen molar-refractivity contribution in [2.75, 3.05) is 27.2 Å². The summed E-state index contributed by atoms with van der Waals surface area (Å²) in [5.41, 5.74) is -0.681. The third-order valence-corrected chi connectivity index (χ3v) is 3.86. The standard InChI is InChI=1S/C14H18N4O4/c1-14(10-4-6-11(7-5-10)18(21)22)12(19)15-13(20)17(14)9-8-16(2)3/h4-7H,8-9H2,1-3H3,(H,15,19,20). The third-order valence-electron chi connectivity index (χ3n) is 3.86. The number of hydrogen-bond donors (Lipinski definition) is 1. The summed E-state index contributed by atoms with van der Waals surface area (Å²) < 4.78 is 0. The first-order chi connectivity index (χ1) is 10.3. The molecule has 1 N–H and O–H groups in total. The lowest BCUT2D eigenvalue weighted by Crippen LogP contribution is -2.46. The van der Waals surface area contributed by atoms with Crippen LogP contribution in [0.5, 0.6) is 0 Å². The molecule has 8 nitrogen and oxygen atoms in total. The molecule has 1 unspecified atom stereocenters. The van der Waals surface area contributed by atoms with Gasteiger partial charge in [-0.05, 0) is 38.7 Å². The zero-order valence-corrected chi connectivity index (χ0v) is 12.7. The van der Waals surface area contributed by atoms with Crippen molar-refractivity contribution in [2.45, 2.75) is 12.5 Å². The molecule has 22 heavy (non-hydrogen) atoms. The van der Waals surface area contributed by atoms with Crippen LogP contribution >= 0.6 is 0 Å². The zero-order valence-electron chi connectivity index (χ0n) is 12.7. The summed E-state index contributed by atoms with van der Waals surface area (Å²) >= 11 is 0. The normalized spacial score (nSPS) is 21.4. The smallest absolute Gasteiger partial charge is 0.308 e. The van der Waals surface area contributed by atoms with Gasteiger partial charge >= 0.3 is 6.03 Å². The van der Waals surface area contributed by atoms with Gasteiger partial charge in [0.1, 0.15) is 5.54 Å². The molecule has 0 radical (unpaired) electrons. The van der Waals surface area contributed by atoms with Gasteiger partial charge < -0.3 is 9.80 Å². The maximum absolute atomic E-state index is 12.3. The SMILES string of the molecule is CN(C)CCN1C(=O)NC(=O)C1(C)c1ccc([N+](=O)[O-])cc1. The Hall–Kier alpha value is -2.48. The molecule has 1 aromatic rings. The van der Waals surface area contributed by atoms with Gasteiger partial charge in [0.05, 0.1) is 4.92 Å². The highest BCUT2D eigenvalue weighted by Gasteiger charge is 2.50. The minimum atomic E-state index is -1.16. The fourth-order valence-electron chi connectivity index (χ4n) is 2.43. The number of nitrogens with one attached hydrogen (secondary N) is 1. The average molecular weight is 306 g/mol. The van der Waals surface area contributed by atoms with E-state index in [-0.39, 0.29) is 5.69 Å². The number of nitrogens with zero attached hydrogens (tertiary/aromatic N) is 3. The second-order valence-corrected chi connectivity index (χ2v) is 5.59. The second-order valence-electron chi connectivity index (χ2n) is 5.59. The topological polar surface area (TPSA) is 95.8 Å². The Balaban J connectivity index is 2.36. The monoisotopic (exact) mass is 306 g/mol. The molecule has 3 amide bonds. The highest BCUT2D eigenvalue weighted by atomic mass is 16.6. The summed E-state index contributed by atoms with van der Waals surface area (Å²) in [6, 6.07) is 5.24. The summed E-state index contributed by atoms with van der Waals surface area (Å²) in [5, 5.41) is 13.0. The van der Waals surface area contributed by atoms with Crippen molar-refractivity contribution in [3.63, 3.8) is 0 Å². The number of amides is 3. The molecule has 0 saturated carbocycles. The molecule has 1 aliphatic rings. The van der Waals surface area contributed by atoms with E-state index in [1.807, 2.05) is 19.0 Å². The molecule has 2 rings (SSSR count). The zero-order chi connectivity index (χ0) is 16.5. The number of rotatable bonds is 5. The summed E-state index contributed by atoms with van der Waals surface area (Å²) in [5.74, 6) is -0.426. The number of likely N-dealkylation sites (N-methyl/N-ethyl adjacent to an activating group) is 1. The van der Waals surface area contributed by atoms with Crippen molar-refractivity contribution in [1.29, 1.82) is 0 Å². The van der Waals surface area contributed by atoms with Crippen molar-refractivity contribution in [1.82, 2.24) is 15.1 Å². The Morgan fingerprint density at radius 3 is 2.36 bits per heavy atom. The molecule has 0 bridgehead atoms. The largest absolute Gasteiger partial charge is 0.325 e. The molecular weight excluding hydrogens is 288 g/mol. The predicted octanol–water partition coefficient (Wildman–Crippen LogP) is 0.923. The van der Waals surface area contributed by atoms with Crippen LogP contribution in [-0.4, -0.2) is 53.8 Å². The van der Waals surface area contributed by atoms with Gasteiger partial charge in [-0.15, -0.1) is 0 Å². The van der Waals surface area contributed by atoms with Crippen LogP contribution in [-0.2, 0) is 10.3 Å². The van der Waals surface area contributed by atoms with E-state index in [0.717, 1.165) is 0 Å². The maximum Gasteiger partial charge on any atom is 0.325 e. The van der Waals surface area contributed by atoms with Crippen LogP contribution in [0.15, 0.2) is 24.3 Å². The maximum atomic E-state index is 12.3. The molecule has 8 heteroatoms. The molecule has 0 spiro atoms. The quantitative estimate of drug-likeness (QED) is 0.496. The highest BCUT2D eigenvalue weighted by molar-refractivity contribution is 6.07. The molecule has 1 fully saturated rings. The second kappa shape index (κ2) is 5.72. The van der Waals surface area contributed by atoms with Crippen LogP contribution in [0.2, 0.25) is 0 Å². The fourth-order valence-corrected chi connectivity index (χ4v) is 2.43. The van der Waals surface area contributed by atoms with Gasteiger partial charge in [-0.3, -0.25) is 20.2 Å². The van der Waals surface area contributed by atoms with E-state index in [2.05, 4.69) is 5.32 Å². The first-order valence-corrected chi connectivity index (χ1v) is 6.79. The Morgan fingerprint density at radius 2 is 1.86 bits per heavy atom.